The van der Waals surface area contributed by atoms with Crippen LogP contribution in [-0.2, 0) is 16.2 Å². The molecule has 3 N–H and O–H groups in total. The summed E-state index contributed by atoms with van der Waals surface area (Å²) in [6.45, 7) is 0. The number of nitrogens with one attached hydrogen (secondary N) is 1. The molecule has 0 aliphatic heterocycles. The highest BCUT2D eigenvalue weighted by molar-refractivity contribution is 7.89. The third kappa shape index (κ3) is 4.75. The number of sulfonamides is 1. The molecule has 3 aromatic rings. The second-order valence-corrected chi connectivity index (χ2v) is 7.40. The van der Waals surface area contributed by atoms with Crippen LogP contribution in [0, 0.1) is 5.82 Å². The molecule has 0 fully saturated rings. The zero-order valence-corrected chi connectivity index (χ0v) is 15.5. The number of nitrogens with zero attached hydrogens (tertiary/aromatic N) is 2. The van der Waals surface area contributed by atoms with Crippen molar-refractivity contribution >= 4 is 21.8 Å². The van der Waals surface area contributed by atoms with E-state index >= 15 is 0 Å². The Hall–Kier alpha value is -3.45. The number of hydrogen-bond donors (Lipinski definition) is 2. The summed E-state index contributed by atoms with van der Waals surface area (Å²) < 4.78 is 81.8. The Morgan fingerprint density at radius 3 is 2.47 bits per heavy atom. The lowest BCUT2D eigenvalue weighted by Crippen LogP contribution is -2.20. The monoisotopic (exact) mass is 444 g/mol. The fourth-order valence-electron chi connectivity index (χ4n) is 2.47. The molecule has 0 aliphatic rings. The molecule has 0 aliphatic carbocycles. The van der Waals surface area contributed by atoms with Crippen LogP contribution in [0.15, 0.2) is 59.6 Å². The van der Waals surface area contributed by atoms with Crippen molar-refractivity contribution in [2.24, 2.45) is 5.14 Å². The van der Waals surface area contributed by atoms with Crippen molar-refractivity contribution in [1.82, 2.24) is 9.78 Å². The van der Waals surface area contributed by atoms with Crippen LogP contribution in [0.2, 0.25) is 0 Å². The molecule has 0 atom stereocenters. The van der Waals surface area contributed by atoms with Crippen molar-refractivity contribution in [3.05, 3.63) is 66.2 Å². The van der Waals surface area contributed by atoms with E-state index in [0.29, 0.717) is 10.9 Å². The number of aromatic nitrogens is 2. The highest BCUT2D eigenvalue weighted by Crippen LogP contribution is 2.37. The third-order valence-corrected chi connectivity index (χ3v) is 4.58. The van der Waals surface area contributed by atoms with Crippen LogP contribution >= 0.6 is 0 Å². The molecule has 13 heteroatoms. The summed E-state index contributed by atoms with van der Waals surface area (Å²) >= 11 is 0. The van der Waals surface area contributed by atoms with Gasteiger partial charge in [0.15, 0.2) is 11.4 Å². The molecule has 0 spiro atoms. The zero-order valence-electron chi connectivity index (χ0n) is 14.7. The number of benzene rings is 2. The Balaban J connectivity index is 1.89. The molecule has 0 radical (unpaired) electrons. The van der Waals surface area contributed by atoms with Gasteiger partial charge in [-0.15, -0.1) is 0 Å². The van der Waals surface area contributed by atoms with Gasteiger partial charge in [0, 0.05) is 5.69 Å². The number of nitrogens with two attached hydrogens (primary N) is 1. The number of alkyl halides is 3. The van der Waals surface area contributed by atoms with Crippen LogP contribution < -0.4 is 15.2 Å². The molecule has 0 bridgehead atoms. The quantitative estimate of drug-likeness (QED) is 0.599. The minimum atomic E-state index is -4.99. The van der Waals surface area contributed by atoms with E-state index < -0.39 is 39.6 Å². The number of hydrogen-bond acceptors (Lipinski definition) is 5. The highest BCUT2D eigenvalue weighted by Gasteiger charge is 2.40. The van der Waals surface area contributed by atoms with Crippen molar-refractivity contribution in [2.75, 3.05) is 5.32 Å². The lowest BCUT2D eigenvalue weighted by atomic mass is 10.3. The minimum absolute atomic E-state index is 0.0856. The van der Waals surface area contributed by atoms with Gasteiger partial charge in [-0.05, 0) is 36.4 Å². The van der Waals surface area contributed by atoms with E-state index in [4.69, 9.17) is 9.88 Å². The van der Waals surface area contributed by atoms with Crippen molar-refractivity contribution < 1.29 is 35.5 Å². The first-order valence-corrected chi connectivity index (χ1v) is 9.52. The van der Waals surface area contributed by atoms with Crippen molar-refractivity contribution in [3.8, 4) is 11.4 Å². The lowest BCUT2D eigenvalue weighted by molar-refractivity contribution is -0.143. The van der Waals surface area contributed by atoms with Crippen molar-refractivity contribution in [1.29, 1.82) is 0 Å². The Bertz CT molecular complexity index is 1210. The van der Waals surface area contributed by atoms with Gasteiger partial charge in [-0.3, -0.25) is 5.32 Å². The van der Waals surface area contributed by atoms with Crippen LogP contribution in [0.5, 0.6) is 5.75 Å². The zero-order chi connectivity index (χ0) is 22.1. The van der Waals surface area contributed by atoms with Gasteiger partial charge in [0.2, 0.25) is 10.0 Å². The van der Waals surface area contributed by atoms with Crippen LogP contribution in [0.25, 0.3) is 5.69 Å². The Labute approximate surface area is 166 Å². The summed E-state index contributed by atoms with van der Waals surface area (Å²) in [6, 6.07) is 8.95. The molecular weight excluding hydrogens is 432 g/mol. The summed E-state index contributed by atoms with van der Waals surface area (Å²) in [5.74, 6) is -1.72. The molecule has 30 heavy (non-hydrogen) atoms. The topological polar surface area (TPSA) is 116 Å². The largest absolute Gasteiger partial charge is 0.437 e. The van der Waals surface area contributed by atoms with Gasteiger partial charge in [0.1, 0.15) is 5.82 Å². The first kappa shape index (κ1) is 21.3. The number of anilines is 1. The summed E-state index contributed by atoms with van der Waals surface area (Å²) in [5.41, 5.74) is -1.77. The van der Waals surface area contributed by atoms with Gasteiger partial charge in [-0.2, -0.15) is 18.3 Å². The SMILES string of the molecule is NS(=O)(=O)c1cccc(NC(=O)Oc2cnn(-c3cccc(F)c3)c2C(F)(F)F)c1. The van der Waals surface area contributed by atoms with Crippen LogP contribution in [-0.4, -0.2) is 24.3 Å². The molecule has 1 heterocycles. The van der Waals surface area contributed by atoms with E-state index in [1.165, 1.54) is 24.3 Å². The number of amides is 1. The normalized spacial score (nSPS) is 11.9. The van der Waals surface area contributed by atoms with E-state index in [0.717, 1.165) is 24.3 Å². The standard InChI is InChI=1S/C17H12F4N4O4S/c18-10-3-1-5-12(7-10)25-15(17(19,20)21)14(9-23-25)29-16(26)24-11-4-2-6-13(8-11)30(22,27)28/h1-9H,(H,24,26)(H2,22,27,28). The predicted octanol–water partition coefficient (Wildman–Crippen LogP) is 3.29. The van der Waals surface area contributed by atoms with Crippen LogP contribution in [0.3, 0.4) is 0 Å². The lowest BCUT2D eigenvalue weighted by Gasteiger charge is -2.13. The molecular formula is C17H12F4N4O4S. The number of carbonyl (C=O) groups excluding carboxylic acids is 1. The Morgan fingerprint density at radius 1 is 1.13 bits per heavy atom. The summed E-state index contributed by atoms with van der Waals surface area (Å²) in [7, 11) is -4.06. The van der Waals surface area contributed by atoms with E-state index in [2.05, 4.69) is 10.4 Å². The number of rotatable bonds is 4. The van der Waals surface area contributed by atoms with E-state index in [9.17, 15) is 30.8 Å². The van der Waals surface area contributed by atoms with Gasteiger partial charge < -0.3 is 4.74 Å². The molecule has 2 aromatic carbocycles. The summed E-state index contributed by atoms with van der Waals surface area (Å²) in [5, 5.41) is 10.6. The fourth-order valence-corrected chi connectivity index (χ4v) is 3.03. The van der Waals surface area contributed by atoms with Crippen LogP contribution in [0.4, 0.5) is 28.0 Å². The molecule has 1 amide bonds. The number of carbonyl (C=O) groups is 1. The second kappa shape index (κ2) is 7.76. The van der Waals surface area contributed by atoms with E-state index in [1.807, 2.05) is 0 Å². The highest BCUT2D eigenvalue weighted by atomic mass is 32.2. The smallest absolute Gasteiger partial charge is 0.406 e. The minimum Gasteiger partial charge on any atom is -0.406 e. The van der Waals surface area contributed by atoms with Gasteiger partial charge in [0.05, 0.1) is 16.8 Å². The Kier molecular flexibility index (Phi) is 5.50. The first-order chi connectivity index (χ1) is 13.9. The number of ether oxygens (including phenoxy) is 1. The summed E-state index contributed by atoms with van der Waals surface area (Å²) in [6.07, 6.45) is -5.69. The second-order valence-electron chi connectivity index (χ2n) is 5.83. The third-order valence-electron chi connectivity index (χ3n) is 3.67. The van der Waals surface area contributed by atoms with Gasteiger partial charge in [0.25, 0.3) is 0 Å². The maximum absolute atomic E-state index is 13.5. The molecule has 158 valence electrons. The fraction of sp³-hybridized carbons (Fsp3) is 0.0588. The maximum Gasteiger partial charge on any atom is 0.437 e. The first-order valence-electron chi connectivity index (χ1n) is 7.98. The number of primary sulfonamides is 1. The van der Waals surface area contributed by atoms with Crippen LogP contribution in [0.1, 0.15) is 5.69 Å². The van der Waals surface area contributed by atoms with Crippen molar-refractivity contribution in [2.45, 2.75) is 11.1 Å². The van der Waals surface area contributed by atoms with E-state index in [-0.39, 0.29) is 16.3 Å². The molecule has 1 aromatic heterocycles. The van der Waals surface area contributed by atoms with Crippen molar-refractivity contribution in [3.63, 3.8) is 0 Å². The maximum atomic E-state index is 13.5. The molecule has 0 unspecified atom stereocenters. The molecule has 0 saturated heterocycles. The average Bonchev–Trinajstić information content (AvgIpc) is 3.05. The van der Waals surface area contributed by atoms with E-state index in [1.54, 1.807) is 0 Å². The predicted molar refractivity (Wildman–Crippen MR) is 96.0 cm³/mol. The van der Waals surface area contributed by atoms with Gasteiger partial charge in [-0.1, -0.05) is 12.1 Å². The van der Waals surface area contributed by atoms with Gasteiger partial charge in [-0.25, -0.2) is 27.4 Å². The Morgan fingerprint density at radius 2 is 1.83 bits per heavy atom. The molecule has 3 rings (SSSR count). The molecule has 8 nitrogen and oxygen atoms in total. The van der Waals surface area contributed by atoms with Gasteiger partial charge >= 0.3 is 12.3 Å². The molecule has 0 saturated carbocycles. The average molecular weight is 444 g/mol. The summed E-state index contributed by atoms with van der Waals surface area (Å²) in [4.78, 5) is 11.7. The number of halogens is 4.